The van der Waals surface area contributed by atoms with E-state index in [1.165, 1.54) is 37.0 Å². The first-order valence-electron chi connectivity index (χ1n) is 8.76. The molecule has 1 fully saturated rings. The molecule has 0 bridgehead atoms. The molecule has 8 nitrogen and oxygen atoms in total. The smallest absolute Gasteiger partial charge is 0.346 e. The first kappa shape index (κ1) is 24.7. The molecule has 0 saturated heterocycles. The van der Waals surface area contributed by atoms with E-state index in [1.807, 2.05) is 0 Å². The van der Waals surface area contributed by atoms with Gasteiger partial charge in [0, 0.05) is 12.2 Å². The van der Waals surface area contributed by atoms with E-state index < -0.39 is 11.6 Å². The number of carbonyl (C=O) groups is 1. The van der Waals surface area contributed by atoms with Crippen LogP contribution in [0.1, 0.15) is 25.7 Å². The highest BCUT2D eigenvalue weighted by molar-refractivity contribution is 8.03. The molecular weight excluding hydrogens is 409 g/mol. The number of pyridine rings is 1. The largest absolute Gasteiger partial charge is 0.514 e. The van der Waals surface area contributed by atoms with Gasteiger partial charge in [0.05, 0.1) is 21.7 Å². The molecule has 4 rings (SSSR count). The second kappa shape index (κ2) is 13.0. The number of aromatic amines is 1. The van der Waals surface area contributed by atoms with Crippen molar-refractivity contribution in [3.63, 3.8) is 0 Å². The lowest BCUT2D eigenvalue weighted by molar-refractivity contribution is -0.113. The van der Waals surface area contributed by atoms with Crippen LogP contribution in [-0.2, 0) is 4.79 Å². The molecule has 0 spiro atoms. The number of nitrogens with zero attached hydrogens (tertiary/aromatic N) is 2. The molecule has 3 heterocycles. The maximum Gasteiger partial charge on any atom is 0.346 e. The Bertz CT molecular complexity index is 1030. The number of thiophene rings is 1. The number of rotatable bonds is 2. The van der Waals surface area contributed by atoms with Crippen LogP contribution in [0.15, 0.2) is 29.7 Å². The molecule has 3 aromatic heterocycles. The Morgan fingerprint density at radius 1 is 1.48 bits per heavy atom. The van der Waals surface area contributed by atoms with Crippen molar-refractivity contribution < 1.29 is 9.90 Å². The minimum absolute atomic E-state index is 0.420. The van der Waals surface area contributed by atoms with Gasteiger partial charge in [-0.2, -0.15) is 4.98 Å². The van der Waals surface area contributed by atoms with Crippen LogP contribution in [0.2, 0.25) is 0 Å². The summed E-state index contributed by atoms with van der Waals surface area (Å²) in [4.78, 5) is 32.1. The van der Waals surface area contributed by atoms with Gasteiger partial charge in [0.2, 0.25) is 5.91 Å². The van der Waals surface area contributed by atoms with Crippen LogP contribution in [0.3, 0.4) is 0 Å². The third-order valence-corrected chi connectivity index (χ3v) is 5.15. The second-order valence-electron chi connectivity index (χ2n) is 5.90. The van der Waals surface area contributed by atoms with Gasteiger partial charge in [-0.25, -0.2) is 22.3 Å². The summed E-state index contributed by atoms with van der Waals surface area (Å²) in [7, 11) is 6.25. The minimum atomic E-state index is -0.481. The van der Waals surface area contributed by atoms with Crippen LogP contribution in [0, 0.1) is 0 Å². The summed E-state index contributed by atoms with van der Waals surface area (Å²) in [6.07, 6.45) is 9.29. The van der Waals surface area contributed by atoms with E-state index >= 15 is 0 Å². The zero-order valence-corrected chi connectivity index (χ0v) is 17.8. The highest BCUT2D eigenvalue weighted by Crippen LogP contribution is 2.22. The topological polar surface area (TPSA) is 134 Å². The van der Waals surface area contributed by atoms with Gasteiger partial charge in [0.15, 0.2) is 7.12 Å². The zero-order chi connectivity index (χ0) is 21.8. The van der Waals surface area contributed by atoms with E-state index in [-0.39, 0.29) is 0 Å². The van der Waals surface area contributed by atoms with Crippen LogP contribution < -0.4 is 21.3 Å². The third-order valence-electron chi connectivity index (χ3n) is 4.13. The maximum atomic E-state index is 11.2. The van der Waals surface area contributed by atoms with Crippen LogP contribution in [0.5, 0.6) is 0 Å². The highest BCUT2D eigenvalue weighted by Gasteiger charge is 2.11. The van der Waals surface area contributed by atoms with Crippen LogP contribution in [0.4, 0.5) is 0 Å². The zero-order valence-electron chi connectivity index (χ0n) is 16.1. The van der Waals surface area contributed by atoms with Gasteiger partial charge in [-0.15, -0.1) is 11.3 Å². The van der Waals surface area contributed by atoms with Crippen molar-refractivity contribution in [2.24, 2.45) is 5.73 Å². The molecule has 11 heteroatoms. The summed E-state index contributed by atoms with van der Waals surface area (Å²) < 4.78 is 0.555. The first-order chi connectivity index (χ1) is 14.0. The molecule has 5 N–H and O–H groups in total. The van der Waals surface area contributed by atoms with Crippen molar-refractivity contribution in [3.05, 3.63) is 39.9 Å². The van der Waals surface area contributed by atoms with Gasteiger partial charge in [-0.3, -0.25) is 4.79 Å². The minimum Gasteiger partial charge on any atom is -0.514 e. The number of hydrogen-bond acceptors (Lipinski definition) is 8. The Balaban J connectivity index is 0.000000252. The highest BCUT2D eigenvalue weighted by atomic mass is 32.1. The van der Waals surface area contributed by atoms with E-state index in [0.717, 1.165) is 28.6 Å². The number of primary amides is 1. The average molecular weight is 433 g/mol. The van der Waals surface area contributed by atoms with E-state index in [4.69, 9.17) is 5.11 Å². The second-order valence-corrected chi connectivity index (χ2v) is 6.93. The molecule has 1 saturated carbocycles. The fourth-order valence-electron chi connectivity index (χ4n) is 2.79. The number of aliphatic hydroxyl groups is 1. The standard InChI is InChI=1S/C9H5N3O2S.C6H13N.C3H5NO.BHS/c13-3-5-7-6-4(11-9(14)12-7)1-2-10-8(6)15-5;1-7-6-4-2-3-5-6;1-2-3(4)5;1-2/h1-3,13H,(H,11,12,14);6-7H,2-5H2,1H3;2H,1H2,(H2,4,5);2H/b5-3-;;;. The monoisotopic (exact) mass is 433 g/mol. The van der Waals surface area contributed by atoms with Crippen molar-refractivity contribution in [1.82, 2.24) is 20.3 Å². The van der Waals surface area contributed by atoms with Crippen molar-refractivity contribution in [2.75, 3.05) is 7.05 Å². The number of nitrogens with two attached hydrogens (primary N) is 1. The summed E-state index contributed by atoms with van der Waals surface area (Å²) in [5.41, 5.74) is 5.31. The fraction of sp³-hybridized carbons (Fsp3) is 0.333. The molecular formula is C18H24BN5O3S2. The summed E-state index contributed by atoms with van der Waals surface area (Å²) in [6, 6.07) is 2.56. The number of H-pyrrole nitrogens is 1. The molecule has 0 unspecified atom stereocenters. The van der Waals surface area contributed by atoms with Crippen molar-refractivity contribution in [1.29, 1.82) is 0 Å². The van der Waals surface area contributed by atoms with Crippen molar-refractivity contribution >= 4 is 64.4 Å². The number of amides is 1. The number of aliphatic hydroxyl groups excluding tert-OH is 1. The quantitative estimate of drug-likeness (QED) is 0.235. The Morgan fingerprint density at radius 2 is 2.10 bits per heavy atom. The van der Waals surface area contributed by atoms with E-state index in [9.17, 15) is 9.59 Å². The third kappa shape index (κ3) is 7.19. The Labute approximate surface area is 179 Å². The molecule has 0 aliphatic heterocycles. The summed E-state index contributed by atoms with van der Waals surface area (Å²) >= 11 is 4.33. The lowest BCUT2D eigenvalue weighted by Gasteiger charge is -2.03. The SMILES string of the molecule is C=CC(N)=O.CNC1CCCC1.O=c1nc2/c(=C/O)sc3nccc([nH]1)c32.[B]S. The normalized spacial score (nSPS) is 13.7. The Kier molecular flexibility index (Phi) is 11.0. The average Bonchev–Trinajstić information content (AvgIpc) is 3.39. The molecule has 0 atom stereocenters. The number of nitrogens with one attached hydrogen (secondary N) is 2. The maximum absolute atomic E-state index is 11.2. The fourth-order valence-corrected chi connectivity index (χ4v) is 3.71. The molecule has 0 aromatic carbocycles. The van der Waals surface area contributed by atoms with Gasteiger partial charge in [0.25, 0.3) is 0 Å². The molecule has 154 valence electrons. The van der Waals surface area contributed by atoms with E-state index in [2.05, 4.69) is 59.2 Å². The lowest BCUT2D eigenvalue weighted by atomic mass is 10.3. The van der Waals surface area contributed by atoms with Gasteiger partial charge in [-0.05, 0) is 32.0 Å². The van der Waals surface area contributed by atoms with E-state index in [1.54, 1.807) is 12.3 Å². The Hall–Kier alpha value is -2.37. The molecule has 1 aliphatic rings. The summed E-state index contributed by atoms with van der Waals surface area (Å²) in [6.45, 7) is 3.09. The van der Waals surface area contributed by atoms with Crippen molar-refractivity contribution in [2.45, 2.75) is 31.7 Å². The van der Waals surface area contributed by atoms with Crippen molar-refractivity contribution in [3.8, 4) is 0 Å². The number of carbonyl (C=O) groups excluding carboxylic acids is 1. The number of thiol groups is 1. The van der Waals surface area contributed by atoms with Crippen LogP contribution >= 0.6 is 23.8 Å². The number of aromatic nitrogens is 3. The van der Waals surface area contributed by atoms with Gasteiger partial charge >= 0.3 is 5.69 Å². The van der Waals surface area contributed by atoms with E-state index in [0.29, 0.717) is 15.6 Å². The van der Waals surface area contributed by atoms with Gasteiger partial charge in [-0.1, -0.05) is 19.4 Å². The molecule has 3 aromatic rings. The molecule has 29 heavy (non-hydrogen) atoms. The Morgan fingerprint density at radius 3 is 2.59 bits per heavy atom. The van der Waals surface area contributed by atoms with Gasteiger partial charge < -0.3 is 21.1 Å². The van der Waals surface area contributed by atoms with Crippen LogP contribution in [0.25, 0.3) is 27.5 Å². The van der Waals surface area contributed by atoms with Gasteiger partial charge in [0.1, 0.15) is 10.3 Å². The summed E-state index contributed by atoms with van der Waals surface area (Å²) in [5, 5.41) is 13.1. The molecule has 2 radical (unpaired) electrons. The molecule has 1 aliphatic carbocycles. The summed E-state index contributed by atoms with van der Waals surface area (Å²) in [5.74, 6) is -0.481. The molecule has 1 amide bonds. The number of hydrogen-bond donors (Lipinski definition) is 5. The predicted molar refractivity (Wildman–Crippen MR) is 123 cm³/mol. The van der Waals surface area contributed by atoms with Crippen LogP contribution in [-0.4, -0.2) is 46.2 Å². The lowest BCUT2D eigenvalue weighted by Crippen LogP contribution is -2.20. The first-order valence-corrected chi connectivity index (χ1v) is 10.1. The predicted octanol–water partition coefficient (Wildman–Crippen LogP) is 1.35.